The average Bonchev–Trinajstić information content (AvgIpc) is 3.45. The van der Waals surface area contributed by atoms with Crippen molar-refractivity contribution in [1.82, 2.24) is 14.6 Å². The molecule has 9 nitrogen and oxygen atoms in total. The van der Waals surface area contributed by atoms with Crippen molar-refractivity contribution >= 4 is 17.8 Å². The van der Waals surface area contributed by atoms with Gasteiger partial charge < -0.3 is 25.1 Å². The number of nitrogens with one attached hydrogen (secondary N) is 2. The van der Waals surface area contributed by atoms with Gasteiger partial charge in [0, 0.05) is 26.1 Å². The third-order valence-electron chi connectivity index (χ3n) is 8.99. The van der Waals surface area contributed by atoms with Gasteiger partial charge in [-0.05, 0) is 54.5 Å². The molecule has 12 heteroatoms. The number of fused-ring (bicyclic) bond motifs is 2. The summed E-state index contributed by atoms with van der Waals surface area (Å²) in [6, 6.07) is 15.8. The van der Waals surface area contributed by atoms with Gasteiger partial charge in [0.1, 0.15) is 12.3 Å². The molecule has 0 spiro atoms. The lowest BCUT2D eigenvalue weighted by molar-refractivity contribution is -0.165. The van der Waals surface area contributed by atoms with Crippen LogP contribution in [0, 0.1) is 5.92 Å². The Morgan fingerprint density at radius 2 is 1.65 bits per heavy atom. The van der Waals surface area contributed by atoms with Gasteiger partial charge in [-0.2, -0.15) is 13.2 Å². The lowest BCUT2D eigenvalue weighted by atomic mass is 9.94. The number of imidazole rings is 1. The quantitative estimate of drug-likeness (QED) is 0.112. The number of carbonyl (C=O) groups excluding carboxylic acids is 2. The summed E-state index contributed by atoms with van der Waals surface area (Å²) in [5.41, 5.74) is 6.73. The maximum atomic E-state index is 13.5. The van der Waals surface area contributed by atoms with Crippen molar-refractivity contribution in [2.24, 2.45) is 5.92 Å². The van der Waals surface area contributed by atoms with Gasteiger partial charge in [-0.3, -0.25) is 9.59 Å². The number of alkyl halides is 3. The van der Waals surface area contributed by atoms with Crippen LogP contribution in [-0.2, 0) is 40.1 Å². The zero-order valence-electron chi connectivity index (χ0n) is 28.1. The van der Waals surface area contributed by atoms with Gasteiger partial charge in [0.2, 0.25) is 11.9 Å². The van der Waals surface area contributed by atoms with Crippen molar-refractivity contribution in [2.75, 3.05) is 43.6 Å². The molecule has 0 fully saturated rings. The molecule has 0 saturated heterocycles. The molecule has 1 unspecified atom stereocenters. The largest absolute Gasteiger partial charge is 0.493 e. The van der Waals surface area contributed by atoms with Crippen LogP contribution in [0.2, 0.25) is 0 Å². The second-order valence-corrected chi connectivity index (χ2v) is 13.0. The van der Waals surface area contributed by atoms with Gasteiger partial charge in [0.15, 0.2) is 0 Å². The molecule has 266 valence electrons. The molecule has 3 aromatic rings. The highest BCUT2D eigenvalue weighted by Gasteiger charge is 2.38. The highest BCUT2D eigenvalue weighted by Crippen LogP contribution is 2.30. The summed E-state index contributed by atoms with van der Waals surface area (Å²) in [7, 11) is 0. The Morgan fingerprint density at radius 1 is 0.898 bits per heavy atom. The van der Waals surface area contributed by atoms with Gasteiger partial charge in [-0.25, -0.2) is 9.66 Å². The summed E-state index contributed by atoms with van der Waals surface area (Å²) in [6.45, 7) is 0.547. The number of hydrogen-bond donors (Lipinski definition) is 2. The van der Waals surface area contributed by atoms with E-state index in [9.17, 15) is 22.8 Å². The van der Waals surface area contributed by atoms with Crippen LogP contribution >= 0.6 is 0 Å². The molecule has 0 radical (unpaired) electrons. The number of carbonyl (C=O) groups is 2. The number of aryl methyl sites for hydroxylation is 1. The SMILES string of the molecule is O=C(CC1Cc2ccc(OCCc3cn4c(n3)NCCN4)cc2CN(CC(F)(F)F)C1=O)OCCCCCCCCCCc1ccccc1. The van der Waals surface area contributed by atoms with Crippen LogP contribution in [0.15, 0.2) is 54.7 Å². The zero-order chi connectivity index (χ0) is 34.5. The van der Waals surface area contributed by atoms with Gasteiger partial charge in [0.05, 0.1) is 37.4 Å². The molecule has 0 bridgehead atoms. The summed E-state index contributed by atoms with van der Waals surface area (Å²) < 4.78 is 53.7. The van der Waals surface area contributed by atoms with E-state index in [0.29, 0.717) is 24.3 Å². The second-order valence-electron chi connectivity index (χ2n) is 13.0. The van der Waals surface area contributed by atoms with E-state index in [1.807, 2.05) is 16.9 Å². The van der Waals surface area contributed by atoms with Gasteiger partial charge >= 0.3 is 12.1 Å². The second kappa shape index (κ2) is 18.0. The van der Waals surface area contributed by atoms with Crippen LogP contribution in [0.25, 0.3) is 0 Å². The fraction of sp³-hybridized carbons (Fsp3) is 0.541. The third kappa shape index (κ3) is 11.7. The van der Waals surface area contributed by atoms with E-state index in [2.05, 4.69) is 40.0 Å². The van der Waals surface area contributed by atoms with Crippen molar-refractivity contribution in [3.63, 3.8) is 0 Å². The smallest absolute Gasteiger partial charge is 0.406 e. The van der Waals surface area contributed by atoms with E-state index < -0.39 is 30.5 Å². The summed E-state index contributed by atoms with van der Waals surface area (Å²) >= 11 is 0. The Kier molecular flexibility index (Phi) is 13.2. The first-order valence-corrected chi connectivity index (χ1v) is 17.6. The molecular formula is C37H48F3N5O4. The lowest BCUT2D eigenvalue weighted by Crippen LogP contribution is -2.41. The van der Waals surface area contributed by atoms with Gasteiger partial charge in [-0.15, -0.1) is 0 Å². The minimum Gasteiger partial charge on any atom is -0.493 e. The molecule has 5 rings (SSSR count). The fourth-order valence-electron chi connectivity index (χ4n) is 6.44. The molecule has 1 aromatic heterocycles. The first-order valence-electron chi connectivity index (χ1n) is 17.6. The summed E-state index contributed by atoms with van der Waals surface area (Å²) in [4.78, 5) is 31.3. The first kappa shape index (κ1) is 36.1. The number of halogens is 3. The van der Waals surface area contributed by atoms with Crippen LogP contribution in [-0.4, -0.2) is 65.5 Å². The number of anilines is 1. The molecule has 2 aromatic carbocycles. The Morgan fingerprint density at radius 3 is 2.41 bits per heavy atom. The van der Waals surface area contributed by atoms with Crippen LogP contribution in [0.4, 0.5) is 19.1 Å². The molecule has 49 heavy (non-hydrogen) atoms. The zero-order valence-corrected chi connectivity index (χ0v) is 28.1. The molecule has 2 aliphatic rings. The summed E-state index contributed by atoms with van der Waals surface area (Å²) in [5, 5.41) is 3.21. The Bertz CT molecular complexity index is 1470. The average molecular weight is 684 g/mol. The number of hydrogen-bond acceptors (Lipinski definition) is 7. The minimum absolute atomic E-state index is 0.156. The highest BCUT2D eigenvalue weighted by molar-refractivity contribution is 5.84. The van der Waals surface area contributed by atoms with Crippen LogP contribution in [0.5, 0.6) is 5.75 Å². The fourth-order valence-corrected chi connectivity index (χ4v) is 6.44. The molecule has 1 atom stereocenters. The molecule has 1 amide bonds. The standard InChI is InChI=1S/C37H48F3N5O4/c38-37(39,40)27-44-25-31-23-33(48-21-17-32-26-45-36(43-32)41-18-19-42-45)16-15-29(31)22-30(35(44)47)24-34(46)49-20-11-6-4-2-1-3-5-8-12-28-13-9-7-10-14-28/h7,9-10,13-16,23,26,30,42H,1-6,8,11-12,17-22,24-25,27H2,(H,41,43). The van der Waals surface area contributed by atoms with E-state index >= 15 is 0 Å². The van der Waals surface area contributed by atoms with E-state index in [-0.39, 0.29) is 26.0 Å². The number of rotatable bonds is 18. The maximum absolute atomic E-state index is 13.5. The van der Waals surface area contributed by atoms with Crippen LogP contribution < -0.4 is 15.5 Å². The van der Waals surface area contributed by atoms with E-state index in [1.165, 1.54) is 31.2 Å². The van der Waals surface area contributed by atoms with Crippen LogP contribution in [0.1, 0.15) is 80.2 Å². The minimum atomic E-state index is -4.57. The number of esters is 1. The molecule has 0 aliphatic carbocycles. The first-order chi connectivity index (χ1) is 23.7. The predicted octanol–water partition coefficient (Wildman–Crippen LogP) is 6.83. The Balaban J connectivity index is 1.04. The molecule has 3 heterocycles. The van der Waals surface area contributed by atoms with E-state index in [0.717, 1.165) is 67.3 Å². The van der Waals surface area contributed by atoms with E-state index in [4.69, 9.17) is 9.47 Å². The van der Waals surface area contributed by atoms with Crippen LogP contribution in [0.3, 0.4) is 0 Å². The number of nitrogens with zero attached hydrogens (tertiary/aromatic N) is 3. The van der Waals surface area contributed by atoms with Gasteiger partial charge in [-0.1, -0.05) is 74.9 Å². The number of unbranched alkanes of at least 4 members (excludes halogenated alkanes) is 7. The van der Waals surface area contributed by atoms with Crippen molar-refractivity contribution in [2.45, 2.75) is 89.8 Å². The van der Waals surface area contributed by atoms with Crippen molar-refractivity contribution in [3.05, 3.63) is 77.1 Å². The van der Waals surface area contributed by atoms with E-state index in [1.54, 1.807) is 18.2 Å². The summed E-state index contributed by atoms with van der Waals surface area (Å²) in [5.74, 6) is -0.940. The highest BCUT2D eigenvalue weighted by atomic mass is 19.4. The van der Waals surface area contributed by atoms with Crippen molar-refractivity contribution in [3.8, 4) is 5.75 Å². The maximum Gasteiger partial charge on any atom is 0.406 e. The molecule has 2 aliphatic heterocycles. The number of amides is 1. The number of aromatic nitrogens is 2. The Hall–Kier alpha value is -4.22. The molecular weight excluding hydrogens is 635 g/mol. The van der Waals surface area contributed by atoms with Gasteiger partial charge in [0.25, 0.3) is 0 Å². The predicted molar refractivity (Wildman–Crippen MR) is 182 cm³/mol. The molecule has 2 N–H and O–H groups in total. The number of ether oxygens (including phenoxy) is 2. The van der Waals surface area contributed by atoms with Crippen molar-refractivity contribution < 1.29 is 32.2 Å². The van der Waals surface area contributed by atoms with Crippen molar-refractivity contribution in [1.29, 1.82) is 0 Å². The monoisotopic (exact) mass is 683 g/mol. The topological polar surface area (TPSA) is 97.7 Å². The Labute approximate surface area is 286 Å². The lowest BCUT2D eigenvalue weighted by Gasteiger charge is -2.25. The normalized spacial score (nSPS) is 15.9. The third-order valence-corrected chi connectivity index (χ3v) is 8.99. The number of benzene rings is 2. The molecule has 0 saturated carbocycles. The summed E-state index contributed by atoms with van der Waals surface area (Å²) in [6.07, 6.45) is 7.55.